The monoisotopic (exact) mass is 379 g/mol. The number of ether oxygens (including phenoxy) is 1. The number of nitrogens with two attached hydrogens (primary N) is 1. The number of hydrogen-bond acceptors (Lipinski definition) is 6. The zero-order valence-corrected chi connectivity index (χ0v) is 15.0. The van der Waals surface area contributed by atoms with Gasteiger partial charge in [0.15, 0.2) is 0 Å². The second kappa shape index (κ2) is 6.69. The molecule has 0 spiro atoms. The van der Waals surface area contributed by atoms with Crippen molar-refractivity contribution >= 4 is 17.6 Å². The van der Waals surface area contributed by atoms with Crippen LogP contribution in [0.2, 0.25) is 0 Å². The number of anilines is 1. The van der Waals surface area contributed by atoms with Crippen molar-refractivity contribution in [3.8, 4) is 11.4 Å². The smallest absolute Gasteiger partial charge is 0.262 e. The van der Waals surface area contributed by atoms with Gasteiger partial charge in [-0.1, -0.05) is 12.1 Å². The Hall–Kier alpha value is -3.88. The van der Waals surface area contributed by atoms with E-state index in [0.717, 1.165) is 18.2 Å². The van der Waals surface area contributed by atoms with Crippen LogP contribution < -0.4 is 21.3 Å². The number of rotatable bonds is 5. The third-order valence-corrected chi connectivity index (χ3v) is 4.46. The molecule has 0 aliphatic carbocycles. The number of imide groups is 1. The van der Waals surface area contributed by atoms with Gasteiger partial charge in [0.2, 0.25) is 0 Å². The minimum Gasteiger partial charge on any atom is -0.487 e. The van der Waals surface area contributed by atoms with Gasteiger partial charge in [-0.05, 0) is 19.1 Å². The molecule has 142 valence electrons. The number of aromatic nitrogens is 3. The number of carbonyl (C=O) groups excluding carboxylic acids is 2. The van der Waals surface area contributed by atoms with Gasteiger partial charge < -0.3 is 10.5 Å². The van der Waals surface area contributed by atoms with Crippen LogP contribution in [0.4, 0.5) is 5.82 Å². The third-order valence-electron chi connectivity index (χ3n) is 4.46. The number of hydrogen-bond donors (Lipinski definition) is 2. The summed E-state index contributed by atoms with van der Waals surface area (Å²) in [4.78, 5) is 36.5. The number of carbonyl (C=O) groups is 2. The van der Waals surface area contributed by atoms with Gasteiger partial charge in [-0.15, -0.1) is 0 Å². The van der Waals surface area contributed by atoms with Crippen LogP contribution in [-0.2, 0) is 13.2 Å². The molecule has 1 aliphatic heterocycles. The van der Waals surface area contributed by atoms with Gasteiger partial charge in [0.1, 0.15) is 18.2 Å². The van der Waals surface area contributed by atoms with Crippen molar-refractivity contribution in [2.75, 3.05) is 5.73 Å². The number of fused-ring (bicyclic) bond motifs is 1. The van der Waals surface area contributed by atoms with Crippen molar-refractivity contribution in [2.45, 2.75) is 20.1 Å². The lowest BCUT2D eigenvalue weighted by atomic mass is 10.1. The molecular formula is C19H17N5O4. The standard InChI is InChI=1S/C19H17N5O4/c1-2-23-9-11(8-21-23)10-28-14-6-4-3-5-13(14)24-15(25)7-12-16(17(24)20)19(27)22-18(12)26/h3-9H,2,10,20H2,1H3,(H,22,26,27). The Morgan fingerprint density at radius 1 is 1.18 bits per heavy atom. The quantitative estimate of drug-likeness (QED) is 0.640. The number of benzene rings is 1. The van der Waals surface area contributed by atoms with E-state index in [9.17, 15) is 14.4 Å². The number of amides is 2. The molecule has 9 heteroatoms. The Bertz CT molecular complexity index is 1160. The number of pyridine rings is 1. The average Bonchev–Trinajstić information content (AvgIpc) is 3.25. The molecule has 1 aromatic carbocycles. The highest BCUT2D eigenvalue weighted by molar-refractivity contribution is 6.23. The molecule has 1 aliphatic rings. The van der Waals surface area contributed by atoms with Crippen molar-refractivity contribution in [3.05, 3.63) is 69.8 Å². The molecule has 0 fully saturated rings. The largest absolute Gasteiger partial charge is 0.487 e. The molecule has 2 aromatic heterocycles. The SMILES string of the molecule is CCn1cc(COc2ccccc2-n2c(N)c3c(cc2=O)C(=O)NC3=O)cn1. The van der Waals surface area contributed by atoms with Gasteiger partial charge in [-0.3, -0.25) is 28.9 Å². The van der Waals surface area contributed by atoms with Crippen LogP contribution in [-0.4, -0.2) is 26.2 Å². The predicted molar refractivity (Wildman–Crippen MR) is 100 cm³/mol. The minimum absolute atomic E-state index is 0.0105. The normalized spacial score (nSPS) is 12.8. The summed E-state index contributed by atoms with van der Waals surface area (Å²) < 4.78 is 8.83. The molecule has 9 nitrogen and oxygen atoms in total. The fourth-order valence-corrected chi connectivity index (χ4v) is 3.11. The first-order valence-corrected chi connectivity index (χ1v) is 8.64. The summed E-state index contributed by atoms with van der Waals surface area (Å²) in [6, 6.07) is 7.95. The van der Waals surface area contributed by atoms with Crippen LogP contribution in [0.15, 0.2) is 47.5 Å². The molecule has 0 bridgehead atoms. The Morgan fingerprint density at radius 3 is 2.71 bits per heavy atom. The summed E-state index contributed by atoms with van der Waals surface area (Å²) in [5.41, 5.74) is 6.79. The highest BCUT2D eigenvalue weighted by Gasteiger charge is 2.32. The molecule has 3 N–H and O–H groups in total. The second-order valence-corrected chi connectivity index (χ2v) is 6.24. The van der Waals surface area contributed by atoms with E-state index in [4.69, 9.17) is 10.5 Å². The van der Waals surface area contributed by atoms with Gasteiger partial charge in [0, 0.05) is 24.4 Å². The van der Waals surface area contributed by atoms with Crippen LogP contribution in [0.25, 0.3) is 5.69 Å². The van der Waals surface area contributed by atoms with E-state index in [-0.39, 0.29) is 23.6 Å². The zero-order chi connectivity index (χ0) is 19.8. The summed E-state index contributed by atoms with van der Waals surface area (Å²) in [6.07, 6.45) is 3.58. The van der Waals surface area contributed by atoms with Crippen LogP contribution in [0, 0.1) is 0 Å². The lowest BCUT2D eigenvalue weighted by Gasteiger charge is -2.16. The number of nitrogens with zero attached hydrogens (tertiary/aromatic N) is 3. The van der Waals surface area contributed by atoms with E-state index in [1.807, 2.05) is 13.1 Å². The highest BCUT2D eigenvalue weighted by Crippen LogP contribution is 2.28. The Balaban J connectivity index is 1.75. The fourth-order valence-electron chi connectivity index (χ4n) is 3.11. The Labute approximate surface area is 159 Å². The van der Waals surface area contributed by atoms with E-state index >= 15 is 0 Å². The first kappa shape index (κ1) is 17.5. The van der Waals surface area contributed by atoms with Crippen molar-refractivity contribution in [1.29, 1.82) is 0 Å². The van der Waals surface area contributed by atoms with Crippen LogP contribution in [0.3, 0.4) is 0 Å². The highest BCUT2D eigenvalue weighted by atomic mass is 16.5. The maximum Gasteiger partial charge on any atom is 0.262 e. The number of aryl methyl sites for hydroxylation is 1. The van der Waals surface area contributed by atoms with E-state index in [1.165, 1.54) is 4.57 Å². The topological polar surface area (TPSA) is 121 Å². The summed E-state index contributed by atoms with van der Waals surface area (Å²) in [5, 5.41) is 6.34. The number of para-hydroxylation sites is 2. The molecular weight excluding hydrogens is 362 g/mol. The van der Waals surface area contributed by atoms with Crippen molar-refractivity contribution in [3.63, 3.8) is 0 Å². The molecule has 28 heavy (non-hydrogen) atoms. The molecule has 3 aromatic rings. The fraction of sp³-hybridized carbons (Fsp3) is 0.158. The summed E-state index contributed by atoms with van der Waals surface area (Å²) >= 11 is 0. The predicted octanol–water partition coefficient (Wildman–Crippen LogP) is 1.10. The van der Waals surface area contributed by atoms with Gasteiger partial charge in [-0.25, -0.2) is 0 Å². The summed E-state index contributed by atoms with van der Waals surface area (Å²) in [7, 11) is 0. The summed E-state index contributed by atoms with van der Waals surface area (Å²) in [6.45, 7) is 2.98. The number of nitrogens with one attached hydrogen (secondary N) is 1. The Morgan fingerprint density at radius 2 is 1.96 bits per heavy atom. The maximum atomic E-state index is 12.6. The van der Waals surface area contributed by atoms with Crippen LogP contribution >= 0.6 is 0 Å². The van der Waals surface area contributed by atoms with Gasteiger partial charge in [-0.2, -0.15) is 5.10 Å². The first-order valence-electron chi connectivity index (χ1n) is 8.64. The van der Waals surface area contributed by atoms with E-state index in [1.54, 1.807) is 35.1 Å². The van der Waals surface area contributed by atoms with Crippen molar-refractivity contribution in [2.24, 2.45) is 0 Å². The minimum atomic E-state index is -0.631. The lowest BCUT2D eigenvalue weighted by molar-refractivity contribution is 0.0880. The molecule has 0 unspecified atom stereocenters. The summed E-state index contributed by atoms with van der Waals surface area (Å²) in [5.74, 6) is -0.962. The maximum absolute atomic E-state index is 12.6. The lowest BCUT2D eigenvalue weighted by Crippen LogP contribution is -2.24. The molecule has 0 saturated carbocycles. The zero-order valence-electron chi connectivity index (χ0n) is 15.0. The third kappa shape index (κ3) is 2.82. The van der Waals surface area contributed by atoms with Crippen LogP contribution in [0.1, 0.15) is 33.2 Å². The average molecular weight is 379 g/mol. The second-order valence-electron chi connectivity index (χ2n) is 6.24. The van der Waals surface area contributed by atoms with Crippen molar-refractivity contribution in [1.82, 2.24) is 19.7 Å². The van der Waals surface area contributed by atoms with Crippen molar-refractivity contribution < 1.29 is 14.3 Å². The first-order chi connectivity index (χ1) is 13.5. The molecule has 0 radical (unpaired) electrons. The van der Waals surface area contributed by atoms with E-state index in [2.05, 4.69) is 10.4 Å². The van der Waals surface area contributed by atoms with E-state index < -0.39 is 17.4 Å². The van der Waals surface area contributed by atoms with E-state index in [0.29, 0.717) is 11.4 Å². The molecule has 0 saturated heterocycles. The molecule has 2 amide bonds. The van der Waals surface area contributed by atoms with Gasteiger partial charge >= 0.3 is 0 Å². The van der Waals surface area contributed by atoms with Gasteiger partial charge in [0.05, 0.1) is 23.0 Å². The molecule has 0 atom stereocenters. The molecule has 4 rings (SSSR count). The molecule has 3 heterocycles. The van der Waals surface area contributed by atoms with Crippen LogP contribution in [0.5, 0.6) is 5.75 Å². The number of nitrogen functional groups attached to an aromatic ring is 1. The van der Waals surface area contributed by atoms with Gasteiger partial charge in [0.25, 0.3) is 17.4 Å². The Kier molecular flexibility index (Phi) is 4.19.